The predicted octanol–water partition coefficient (Wildman–Crippen LogP) is 4.46. The average Bonchev–Trinajstić information content (AvgIpc) is 3.14. The molecular weight excluding hydrogens is 399 g/mol. The van der Waals surface area contributed by atoms with E-state index in [0.717, 1.165) is 12.1 Å². The van der Waals surface area contributed by atoms with Crippen molar-refractivity contribution in [2.45, 2.75) is 6.18 Å². The van der Waals surface area contributed by atoms with Crippen LogP contribution in [0.1, 0.15) is 15.9 Å². The number of anilines is 1. The van der Waals surface area contributed by atoms with Crippen LogP contribution in [-0.2, 0) is 13.2 Å². The summed E-state index contributed by atoms with van der Waals surface area (Å²) in [6.07, 6.45) is -1.76. The number of nitrogens with one attached hydrogen (secondary N) is 1. The number of aromatic nitrogens is 2. The van der Waals surface area contributed by atoms with E-state index < -0.39 is 23.1 Å². The lowest BCUT2D eigenvalue weighted by atomic mass is 10.0. The zero-order chi connectivity index (χ0) is 21.5. The van der Waals surface area contributed by atoms with E-state index in [1.807, 2.05) is 0 Å². The summed E-state index contributed by atoms with van der Waals surface area (Å²) in [5.74, 6) is -0.747. The van der Waals surface area contributed by atoms with Crippen molar-refractivity contribution in [3.63, 3.8) is 0 Å². The lowest BCUT2D eigenvalue weighted by Gasteiger charge is -2.13. The molecule has 4 rings (SSSR count). The number of para-hydroxylation sites is 1. The van der Waals surface area contributed by atoms with E-state index in [-0.39, 0.29) is 33.5 Å². The van der Waals surface area contributed by atoms with Gasteiger partial charge in [0.25, 0.3) is 5.91 Å². The maximum absolute atomic E-state index is 13.4. The molecule has 0 fully saturated rings. The lowest BCUT2D eigenvalue weighted by Crippen LogP contribution is -2.12. The number of aryl methyl sites for hydroxylation is 1. The van der Waals surface area contributed by atoms with Gasteiger partial charge in [0.2, 0.25) is 0 Å². The van der Waals surface area contributed by atoms with Crippen molar-refractivity contribution in [3.05, 3.63) is 82.3 Å². The van der Waals surface area contributed by atoms with E-state index in [1.54, 1.807) is 13.1 Å². The molecule has 2 heterocycles. The minimum atomic E-state index is -4.63. The molecule has 6 nitrogen and oxygen atoms in total. The van der Waals surface area contributed by atoms with Crippen molar-refractivity contribution >= 4 is 22.6 Å². The van der Waals surface area contributed by atoms with Crippen molar-refractivity contribution in [2.75, 3.05) is 5.32 Å². The number of carbonyl (C=O) groups excluding carboxylic acids is 1. The Morgan fingerprint density at radius 1 is 1.13 bits per heavy atom. The van der Waals surface area contributed by atoms with Gasteiger partial charge in [0.1, 0.15) is 5.76 Å². The summed E-state index contributed by atoms with van der Waals surface area (Å²) >= 11 is 0. The van der Waals surface area contributed by atoms with Crippen LogP contribution in [0.4, 0.5) is 18.9 Å². The van der Waals surface area contributed by atoms with E-state index in [0.29, 0.717) is 0 Å². The van der Waals surface area contributed by atoms with Crippen LogP contribution in [0.2, 0.25) is 0 Å². The highest BCUT2D eigenvalue weighted by atomic mass is 19.4. The molecule has 1 N–H and O–H groups in total. The van der Waals surface area contributed by atoms with Crippen molar-refractivity contribution in [3.8, 4) is 11.3 Å². The lowest BCUT2D eigenvalue weighted by molar-refractivity contribution is -0.137. The number of halogens is 3. The third-order valence-electron chi connectivity index (χ3n) is 4.47. The predicted molar refractivity (Wildman–Crippen MR) is 104 cm³/mol. The van der Waals surface area contributed by atoms with Crippen LogP contribution in [0.25, 0.3) is 22.3 Å². The van der Waals surface area contributed by atoms with Gasteiger partial charge in [-0.2, -0.15) is 18.3 Å². The topological polar surface area (TPSA) is 77.1 Å². The average molecular weight is 413 g/mol. The van der Waals surface area contributed by atoms with Crippen LogP contribution in [0.3, 0.4) is 0 Å². The summed E-state index contributed by atoms with van der Waals surface area (Å²) in [6.45, 7) is 0. The molecule has 0 unspecified atom stereocenters. The number of hydrogen-bond acceptors (Lipinski definition) is 4. The van der Waals surface area contributed by atoms with Gasteiger partial charge in [0, 0.05) is 24.9 Å². The van der Waals surface area contributed by atoms with Gasteiger partial charge in [0.15, 0.2) is 11.0 Å². The van der Waals surface area contributed by atoms with Crippen LogP contribution in [0, 0.1) is 0 Å². The first kappa shape index (κ1) is 19.4. The summed E-state index contributed by atoms with van der Waals surface area (Å²) < 4.78 is 47.4. The molecule has 0 radical (unpaired) electrons. The number of benzene rings is 2. The molecular formula is C21H14F3N3O3. The third-order valence-corrected chi connectivity index (χ3v) is 4.47. The van der Waals surface area contributed by atoms with Crippen molar-refractivity contribution in [1.82, 2.24) is 9.78 Å². The van der Waals surface area contributed by atoms with Crippen LogP contribution in [-0.4, -0.2) is 15.7 Å². The number of amides is 1. The minimum Gasteiger partial charge on any atom is -0.454 e. The Hall–Kier alpha value is -3.88. The first-order valence-corrected chi connectivity index (χ1v) is 8.77. The summed E-state index contributed by atoms with van der Waals surface area (Å²) in [5, 5.41) is 6.67. The summed E-state index contributed by atoms with van der Waals surface area (Å²) in [5.41, 5.74) is -1.31. The maximum Gasteiger partial charge on any atom is 0.417 e. The van der Waals surface area contributed by atoms with Gasteiger partial charge in [-0.3, -0.25) is 14.3 Å². The molecule has 4 aromatic rings. The molecule has 0 spiro atoms. The van der Waals surface area contributed by atoms with Crippen molar-refractivity contribution < 1.29 is 22.4 Å². The van der Waals surface area contributed by atoms with E-state index in [9.17, 15) is 22.8 Å². The van der Waals surface area contributed by atoms with Gasteiger partial charge in [-0.15, -0.1) is 0 Å². The molecule has 0 aliphatic heterocycles. The zero-order valence-electron chi connectivity index (χ0n) is 15.5. The van der Waals surface area contributed by atoms with Crippen LogP contribution in [0.5, 0.6) is 0 Å². The monoisotopic (exact) mass is 413 g/mol. The van der Waals surface area contributed by atoms with E-state index in [4.69, 9.17) is 4.42 Å². The number of hydrogen-bond donors (Lipinski definition) is 1. The number of fused-ring (bicyclic) bond motifs is 1. The first-order valence-electron chi connectivity index (χ1n) is 8.77. The number of rotatable bonds is 3. The third kappa shape index (κ3) is 3.57. The molecule has 2 aromatic heterocycles. The molecule has 2 aromatic carbocycles. The van der Waals surface area contributed by atoms with E-state index in [1.165, 1.54) is 47.4 Å². The molecule has 30 heavy (non-hydrogen) atoms. The smallest absolute Gasteiger partial charge is 0.417 e. The second kappa shape index (κ2) is 7.18. The molecule has 0 atom stereocenters. The van der Waals surface area contributed by atoms with Gasteiger partial charge < -0.3 is 9.73 Å². The van der Waals surface area contributed by atoms with Gasteiger partial charge in [-0.25, -0.2) is 0 Å². The van der Waals surface area contributed by atoms with E-state index in [2.05, 4.69) is 10.4 Å². The summed E-state index contributed by atoms with van der Waals surface area (Å²) in [6, 6.07) is 10.3. The number of alkyl halides is 3. The second-order valence-electron chi connectivity index (χ2n) is 6.56. The van der Waals surface area contributed by atoms with Gasteiger partial charge in [-0.1, -0.05) is 24.3 Å². The second-order valence-corrected chi connectivity index (χ2v) is 6.56. The summed E-state index contributed by atoms with van der Waals surface area (Å²) in [4.78, 5) is 25.0. The molecule has 9 heteroatoms. The molecule has 0 aliphatic carbocycles. The van der Waals surface area contributed by atoms with Gasteiger partial charge in [-0.05, 0) is 18.2 Å². The Kier molecular flexibility index (Phi) is 4.65. The normalized spacial score (nSPS) is 11.6. The van der Waals surface area contributed by atoms with Gasteiger partial charge >= 0.3 is 6.18 Å². The summed E-state index contributed by atoms with van der Waals surface area (Å²) in [7, 11) is 1.65. The highest BCUT2D eigenvalue weighted by Crippen LogP contribution is 2.37. The quantitative estimate of drug-likeness (QED) is 0.538. The molecule has 0 bridgehead atoms. The van der Waals surface area contributed by atoms with Gasteiger partial charge in [0.05, 0.1) is 28.4 Å². The van der Waals surface area contributed by atoms with Crippen LogP contribution >= 0.6 is 0 Å². The fourth-order valence-corrected chi connectivity index (χ4v) is 3.09. The Bertz CT molecular complexity index is 1320. The van der Waals surface area contributed by atoms with E-state index >= 15 is 0 Å². The SMILES string of the molecule is Cn1cc(C(=O)Nc2cccc3c(=O)cc(-c4ccccc4C(F)(F)F)oc23)cn1. The zero-order valence-corrected chi connectivity index (χ0v) is 15.5. The van der Waals surface area contributed by atoms with Crippen molar-refractivity contribution in [1.29, 1.82) is 0 Å². The minimum absolute atomic E-state index is 0.0192. The fraction of sp³-hybridized carbons (Fsp3) is 0.0952. The Labute approximate surface area is 167 Å². The van der Waals surface area contributed by atoms with Crippen molar-refractivity contribution in [2.24, 2.45) is 7.05 Å². The van der Waals surface area contributed by atoms with Crippen LogP contribution < -0.4 is 10.7 Å². The standard InChI is InChI=1S/C21H14F3N3O3/c1-27-11-12(10-25-27)20(29)26-16-8-4-6-14-17(28)9-18(30-19(14)16)13-5-2-3-7-15(13)21(22,23)24/h2-11H,1H3,(H,26,29). The number of carbonyl (C=O) groups is 1. The number of nitrogens with zero attached hydrogens (tertiary/aromatic N) is 2. The highest BCUT2D eigenvalue weighted by molar-refractivity contribution is 6.07. The molecule has 0 saturated heterocycles. The Morgan fingerprint density at radius 3 is 2.60 bits per heavy atom. The fourth-order valence-electron chi connectivity index (χ4n) is 3.09. The largest absolute Gasteiger partial charge is 0.454 e. The molecule has 1 amide bonds. The highest BCUT2D eigenvalue weighted by Gasteiger charge is 2.34. The first-order chi connectivity index (χ1) is 14.2. The maximum atomic E-state index is 13.4. The molecule has 0 saturated carbocycles. The van der Waals surface area contributed by atoms with Crippen LogP contribution in [0.15, 0.2) is 70.1 Å². The Balaban J connectivity index is 1.85. The molecule has 152 valence electrons. The molecule has 0 aliphatic rings. The Morgan fingerprint density at radius 2 is 1.90 bits per heavy atom.